The summed E-state index contributed by atoms with van der Waals surface area (Å²) in [5.74, 6) is 0.816. The highest BCUT2D eigenvalue weighted by Gasteiger charge is 2.22. The Kier molecular flexibility index (Phi) is 4.86. The highest BCUT2D eigenvalue weighted by Crippen LogP contribution is 2.34. The van der Waals surface area contributed by atoms with Crippen LogP contribution in [0.3, 0.4) is 0 Å². The topological polar surface area (TPSA) is 77.1 Å². The van der Waals surface area contributed by atoms with Crippen LogP contribution in [0.4, 0.5) is 0 Å². The third-order valence-corrected chi connectivity index (χ3v) is 6.71. The predicted octanol–water partition coefficient (Wildman–Crippen LogP) is 2.82. The first-order chi connectivity index (χ1) is 12.7. The van der Waals surface area contributed by atoms with Crippen LogP contribution in [0.25, 0.3) is 10.2 Å². The van der Waals surface area contributed by atoms with Crippen molar-refractivity contribution in [1.29, 1.82) is 0 Å². The molecule has 0 saturated carbocycles. The van der Waals surface area contributed by atoms with Crippen molar-refractivity contribution in [2.24, 2.45) is 0 Å². The second kappa shape index (κ2) is 7.28. The van der Waals surface area contributed by atoms with Gasteiger partial charge in [0.25, 0.3) is 5.56 Å². The Labute approximate surface area is 158 Å². The summed E-state index contributed by atoms with van der Waals surface area (Å²) in [6.45, 7) is 0.315. The second-order valence-corrected chi connectivity index (χ2v) is 8.24. The Bertz CT molecular complexity index is 1010. The Morgan fingerprint density at radius 3 is 3.04 bits per heavy atom. The van der Waals surface area contributed by atoms with Crippen molar-refractivity contribution in [2.75, 3.05) is 12.8 Å². The number of aromatic nitrogens is 2. The molecule has 3 heterocycles. The number of nitrogens with one attached hydrogen (secondary N) is 1. The van der Waals surface area contributed by atoms with Crippen LogP contribution in [-0.4, -0.2) is 28.3 Å². The average molecular weight is 390 g/mol. The molecule has 3 aromatic rings. The van der Waals surface area contributed by atoms with Gasteiger partial charge in [-0.1, -0.05) is 11.8 Å². The first kappa shape index (κ1) is 17.4. The van der Waals surface area contributed by atoms with Gasteiger partial charge in [0.1, 0.15) is 10.6 Å². The number of furan rings is 1. The summed E-state index contributed by atoms with van der Waals surface area (Å²) in [7, 11) is 1.60. The fraction of sp³-hybridized carbons (Fsp3) is 0.389. The van der Waals surface area contributed by atoms with Gasteiger partial charge in [0.05, 0.1) is 23.9 Å². The number of hydrogen-bond donors (Lipinski definition) is 1. The third kappa shape index (κ3) is 3.19. The Hall–Kier alpha value is -2.06. The van der Waals surface area contributed by atoms with Crippen molar-refractivity contribution < 1.29 is 9.21 Å². The van der Waals surface area contributed by atoms with E-state index in [2.05, 4.69) is 5.32 Å². The van der Waals surface area contributed by atoms with E-state index in [1.807, 2.05) is 6.07 Å². The number of carbonyl (C=O) groups is 1. The number of hydrogen-bond acceptors (Lipinski definition) is 6. The fourth-order valence-corrected chi connectivity index (χ4v) is 5.40. The molecule has 26 heavy (non-hydrogen) atoms. The summed E-state index contributed by atoms with van der Waals surface area (Å²) in [6, 6.07) is 3.64. The average Bonchev–Trinajstić information content (AvgIpc) is 3.29. The number of thioether (sulfide) groups is 1. The molecule has 0 saturated heterocycles. The molecule has 136 valence electrons. The molecular formula is C18H19N3O3S2. The van der Waals surface area contributed by atoms with Gasteiger partial charge in [-0.05, 0) is 43.4 Å². The van der Waals surface area contributed by atoms with Gasteiger partial charge >= 0.3 is 0 Å². The molecule has 6 nitrogen and oxygen atoms in total. The molecule has 1 aliphatic carbocycles. The molecule has 0 aliphatic heterocycles. The van der Waals surface area contributed by atoms with Gasteiger partial charge in [-0.3, -0.25) is 14.2 Å². The summed E-state index contributed by atoms with van der Waals surface area (Å²) >= 11 is 2.90. The normalized spacial score (nSPS) is 13.7. The molecule has 3 aromatic heterocycles. The van der Waals surface area contributed by atoms with Crippen molar-refractivity contribution in [3.63, 3.8) is 0 Å². The van der Waals surface area contributed by atoms with E-state index in [0.29, 0.717) is 17.5 Å². The van der Waals surface area contributed by atoms with Crippen molar-refractivity contribution in [2.45, 2.75) is 37.4 Å². The largest absolute Gasteiger partial charge is 0.467 e. The molecule has 1 amide bonds. The molecule has 4 rings (SSSR count). The van der Waals surface area contributed by atoms with Gasteiger partial charge in [0, 0.05) is 11.9 Å². The zero-order chi connectivity index (χ0) is 18.1. The monoisotopic (exact) mass is 389 g/mol. The summed E-state index contributed by atoms with van der Waals surface area (Å²) in [5.41, 5.74) is 1.13. The first-order valence-corrected chi connectivity index (χ1v) is 10.4. The fourth-order valence-electron chi connectivity index (χ4n) is 3.23. The van der Waals surface area contributed by atoms with Crippen molar-refractivity contribution in [1.82, 2.24) is 14.9 Å². The number of fused-ring (bicyclic) bond motifs is 3. The minimum atomic E-state index is -0.0978. The van der Waals surface area contributed by atoms with Crippen LogP contribution >= 0.6 is 23.1 Å². The maximum atomic E-state index is 13.3. The molecule has 0 atom stereocenters. The number of nitrogens with zero attached hydrogens (tertiary/aromatic N) is 2. The van der Waals surface area contributed by atoms with Gasteiger partial charge in [0.2, 0.25) is 5.91 Å². The molecule has 0 radical (unpaired) electrons. The van der Waals surface area contributed by atoms with E-state index in [0.717, 1.165) is 29.5 Å². The summed E-state index contributed by atoms with van der Waals surface area (Å²) in [5, 5.41) is 3.91. The van der Waals surface area contributed by atoms with E-state index < -0.39 is 0 Å². The van der Waals surface area contributed by atoms with Gasteiger partial charge in [-0.25, -0.2) is 4.98 Å². The Balaban J connectivity index is 1.84. The number of amides is 1. The number of carbonyl (C=O) groups excluding carboxylic acids is 1. The van der Waals surface area contributed by atoms with Gasteiger partial charge in [-0.2, -0.15) is 0 Å². The standard InChI is InChI=1S/C18H19N3O3S2/c1-19-14(22)10-25-18-20-16-15(12-6-2-3-7-13(12)26-16)17(23)21(18)9-11-5-4-8-24-11/h4-5,8H,2-3,6-7,9-10H2,1H3,(H,19,22). The zero-order valence-corrected chi connectivity index (χ0v) is 16.0. The van der Waals surface area contributed by atoms with Crippen molar-refractivity contribution in [3.8, 4) is 0 Å². The maximum Gasteiger partial charge on any atom is 0.263 e. The number of aryl methyl sites for hydroxylation is 2. The van der Waals surface area contributed by atoms with E-state index >= 15 is 0 Å². The van der Waals surface area contributed by atoms with E-state index in [1.165, 1.54) is 28.6 Å². The quantitative estimate of drug-likeness (QED) is 0.536. The Morgan fingerprint density at radius 2 is 2.27 bits per heavy atom. The maximum absolute atomic E-state index is 13.3. The smallest absolute Gasteiger partial charge is 0.263 e. The third-order valence-electron chi connectivity index (χ3n) is 4.55. The molecule has 0 spiro atoms. The molecule has 1 aliphatic rings. The lowest BCUT2D eigenvalue weighted by Crippen LogP contribution is -2.25. The highest BCUT2D eigenvalue weighted by molar-refractivity contribution is 7.99. The molecular weight excluding hydrogens is 370 g/mol. The zero-order valence-electron chi connectivity index (χ0n) is 14.4. The molecule has 0 fully saturated rings. The van der Waals surface area contributed by atoms with Crippen molar-refractivity contribution in [3.05, 3.63) is 45.0 Å². The van der Waals surface area contributed by atoms with Crippen LogP contribution in [0.15, 0.2) is 32.8 Å². The first-order valence-electron chi connectivity index (χ1n) is 8.58. The molecule has 1 N–H and O–H groups in total. The molecule has 0 bridgehead atoms. The lowest BCUT2D eigenvalue weighted by Gasteiger charge is -2.12. The van der Waals surface area contributed by atoms with Gasteiger partial charge in [0.15, 0.2) is 5.16 Å². The summed E-state index contributed by atoms with van der Waals surface area (Å²) < 4.78 is 7.06. The minimum absolute atomic E-state index is 0.0368. The summed E-state index contributed by atoms with van der Waals surface area (Å²) in [6.07, 6.45) is 5.84. The predicted molar refractivity (Wildman–Crippen MR) is 103 cm³/mol. The lowest BCUT2D eigenvalue weighted by molar-refractivity contribution is -0.118. The van der Waals surface area contributed by atoms with E-state index in [4.69, 9.17) is 9.40 Å². The Morgan fingerprint density at radius 1 is 1.42 bits per heavy atom. The SMILES string of the molecule is CNC(=O)CSc1nc2sc3c(c2c(=O)n1Cc1ccco1)CCCC3. The molecule has 8 heteroatoms. The van der Waals surface area contributed by atoms with Gasteiger partial charge < -0.3 is 9.73 Å². The van der Waals surface area contributed by atoms with E-state index in [9.17, 15) is 9.59 Å². The van der Waals surface area contributed by atoms with Crippen LogP contribution < -0.4 is 10.9 Å². The van der Waals surface area contributed by atoms with Crippen LogP contribution in [0, 0.1) is 0 Å². The number of thiophene rings is 1. The van der Waals surface area contributed by atoms with Crippen LogP contribution in [-0.2, 0) is 24.2 Å². The second-order valence-electron chi connectivity index (χ2n) is 6.22. The van der Waals surface area contributed by atoms with E-state index in [-0.39, 0.29) is 17.2 Å². The van der Waals surface area contributed by atoms with Crippen LogP contribution in [0.1, 0.15) is 29.0 Å². The van der Waals surface area contributed by atoms with Crippen LogP contribution in [0.5, 0.6) is 0 Å². The lowest BCUT2D eigenvalue weighted by atomic mass is 9.97. The number of rotatable bonds is 5. The minimum Gasteiger partial charge on any atom is -0.467 e. The van der Waals surface area contributed by atoms with Crippen LogP contribution in [0.2, 0.25) is 0 Å². The highest BCUT2D eigenvalue weighted by atomic mass is 32.2. The molecule has 0 unspecified atom stereocenters. The molecule has 0 aromatic carbocycles. The van der Waals surface area contributed by atoms with Gasteiger partial charge in [-0.15, -0.1) is 11.3 Å². The van der Waals surface area contributed by atoms with E-state index in [1.54, 1.807) is 35.3 Å². The summed E-state index contributed by atoms with van der Waals surface area (Å²) in [4.78, 5) is 31.8. The van der Waals surface area contributed by atoms with Crippen molar-refractivity contribution >= 4 is 39.2 Å².